The van der Waals surface area contributed by atoms with Gasteiger partial charge in [0.05, 0.1) is 0 Å². The van der Waals surface area contributed by atoms with Gasteiger partial charge in [0, 0.05) is 17.1 Å². The summed E-state index contributed by atoms with van der Waals surface area (Å²) in [7, 11) is 0. The van der Waals surface area contributed by atoms with E-state index in [0.717, 1.165) is 28.6 Å². The number of aromatic nitrogens is 1. The molecule has 7 heteroatoms. The number of nitrogen functional groups attached to an aromatic ring is 1. The zero-order chi connectivity index (χ0) is 16.2. The number of hydrogen-bond acceptors (Lipinski definition) is 6. The Labute approximate surface area is 137 Å². The summed E-state index contributed by atoms with van der Waals surface area (Å²) in [5, 5.41) is 24.1. The predicted molar refractivity (Wildman–Crippen MR) is 94.2 cm³/mol. The molecule has 0 unspecified atom stereocenters. The Morgan fingerprint density at radius 1 is 0.957 bits per heavy atom. The molecule has 0 bridgehead atoms. The van der Waals surface area contributed by atoms with Crippen LogP contribution in [0.3, 0.4) is 0 Å². The fourth-order valence-corrected chi connectivity index (χ4v) is 2.79. The van der Waals surface area contributed by atoms with Crippen LogP contribution in [0.1, 0.15) is 5.56 Å². The summed E-state index contributed by atoms with van der Waals surface area (Å²) in [6.07, 6.45) is 0. The minimum absolute atomic E-state index is 0.221. The van der Waals surface area contributed by atoms with Crippen LogP contribution in [0.2, 0.25) is 0 Å². The van der Waals surface area contributed by atoms with Gasteiger partial charge >= 0.3 is 0 Å². The molecule has 2 aromatic carbocycles. The van der Waals surface area contributed by atoms with E-state index in [2.05, 4.69) is 15.0 Å². The lowest BCUT2D eigenvalue weighted by molar-refractivity contribution is 0.459. The van der Waals surface area contributed by atoms with E-state index in [0.29, 0.717) is 5.00 Å². The highest BCUT2D eigenvalue weighted by Gasteiger charge is 2.15. The largest absolute Gasteiger partial charge is 0.492 e. The fourth-order valence-electron chi connectivity index (χ4n) is 2.07. The first kappa shape index (κ1) is 14.9. The SMILES string of the molecule is N=C(N)c1c(O)nsc1Nc1ccc(Nc2ccccc2)cc1. The molecule has 6 nitrogen and oxygen atoms in total. The zero-order valence-corrected chi connectivity index (χ0v) is 12.9. The molecule has 0 aliphatic rings. The third-order valence-electron chi connectivity index (χ3n) is 3.15. The number of hydrogen-bond donors (Lipinski definition) is 5. The lowest BCUT2D eigenvalue weighted by Gasteiger charge is -2.09. The molecule has 0 spiro atoms. The van der Waals surface area contributed by atoms with Gasteiger partial charge in [-0.2, -0.15) is 4.37 Å². The van der Waals surface area contributed by atoms with Gasteiger partial charge in [-0.1, -0.05) is 18.2 Å². The summed E-state index contributed by atoms with van der Waals surface area (Å²) in [6.45, 7) is 0. The van der Waals surface area contributed by atoms with Crippen molar-refractivity contribution in [2.75, 3.05) is 10.6 Å². The van der Waals surface area contributed by atoms with Crippen molar-refractivity contribution in [3.05, 3.63) is 60.2 Å². The molecule has 0 amide bonds. The highest BCUT2D eigenvalue weighted by atomic mass is 32.1. The van der Waals surface area contributed by atoms with E-state index in [1.54, 1.807) is 0 Å². The molecule has 1 heterocycles. The van der Waals surface area contributed by atoms with Gasteiger partial charge in [-0.25, -0.2) is 0 Å². The molecule has 3 rings (SSSR count). The van der Waals surface area contributed by atoms with Crippen LogP contribution in [0, 0.1) is 5.41 Å². The normalized spacial score (nSPS) is 10.3. The third kappa shape index (κ3) is 3.41. The Morgan fingerprint density at radius 3 is 2.13 bits per heavy atom. The Balaban J connectivity index is 1.74. The van der Waals surface area contributed by atoms with Crippen molar-refractivity contribution in [1.82, 2.24) is 4.37 Å². The van der Waals surface area contributed by atoms with Crippen molar-refractivity contribution in [1.29, 1.82) is 5.41 Å². The number of aromatic hydroxyl groups is 1. The van der Waals surface area contributed by atoms with E-state index in [9.17, 15) is 5.11 Å². The Morgan fingerprint density at radius 2 is 1.52 bits per heavy atom. The number of rotatable bonds is 5. The Hall–Kier alpha value is -3.06. The van der Waals surface area contributed by atoms with Gasteiger partial charge in [0.15, 0.2) is 0 Å². The molecule has 0 aliphatic carbocycles. The summed E-state index contributed by atoms with van der Waals surface area (Å²) in [5.74, 6) is -0.450. The number of nitrogens with two attached hydrogens (primary N) is 1. The molecule has 0 saturated carbocycles. The van der Waals surface area contributed by atoms with Crippen molar-refractivity contribution >= 4 is 39.4 Å². The van der Waals surface area contributed by atoms with Gasteiger partial charge in [-0.15, -0.1) is 0 Å². The maximum Gasteiger partial charge on any atom is 0.236 e. The summed E-state index contributed by atoms with van der Waals surface area (Å²) in [4.78, 5) is 0. The van der Waals surface area contributed by atoms with Gasteiger partial charge in [-0.3, -0.25) is 5.41 Å². The molecule has 0 aliphatic heterocycles. The second kappa shape index (κ2) is 6.37. The lowest BCUT2D eigenvalue weighted by Crippen LogP contribution is -2.11. The average Bonchev–Trinajstić information content (AvgIpc) is 2.91. The summed E-state index contributed by atoms with van der Waals surface area (Å²) >= 11 is 1.06. The van der Waals surface area contributed by atoms with Crippen LogP contribution >= 0.6 is 11.5 Å². The summed E-state index contributed by atoms with van der Waals surface area (Å²) in [6, 6.07) is 17.5. The van der Waals surface area contributed by atoms with E-state index in [4.69, 9.17) is 11.1 Å². The van der Waals surface area contributed by atoms with Crippen molar-refractivity contribution in [3.63, 3.8) is 0 Å². The quantitative estimate of drug-likeness (QED) is 0.364. The predicted octanol–water partition coefficient (Wildman–Crippen LogP) is 3.62. The van der Waals surface area contributed by atoms with Crippen LogP contribution < -0.4 is 16.4 Å². The average molecular weight is 325 g/mol. The fraction of sp³-hybridized carbons (Fsp3) is 0. The van der Waals surface area contributed by atoms with Gasteiger partial charge in [-0.05, 0) is 47.9 Å². The maximum absolute atomic E-state index is 9.62. The van der Waals surface area contributed by atoms with Crippen LogP contribution in [-0.4, -0.2) is 15.3 Å². The van der Waals surface area contributed by atoms with Crippen molar-refractivity contribution < 1.29 is 5.11 Å². The highest BCUT2D eigenvalue weighted by Crippen LogP contribution is 2.32. The van der Waals surface area contributed by atoms with Crippen LogP contribution in [0.5, 0.6) is 5.88 Å². The molecule has 0 fully saturated rings. The first-order valence-electron chi connectivity index (χ1n) is 6.85. The van der Waals surface area contributed by atoms with Gasteiger partial charge in [0.1, 0.15) is 16.4 Å². The first-order valence-corrected chi connectivity index (χ1v) is 7.63. The van der Waals surface area contributed by atoms with E-state index in [1.165, 1.54) is 0 Å². The second-order valence-electron chi connectivity index (χ2n) is 4.82. The number of anilines is 4. The molecule has 116 valence electrons. The van der Waals surface area contributed by atoms with Crippen molar-refractivity contribution in [3.8, 4) is 5.88 Å². The standard InChI is InChI=1S/C16H15N5OS/c17-14(18)13-15(22)21-23-16(13)20-12-8-6-11(7-9-12)19-10-4-2-1-3-5-10/h1-9,19-20H,(H3,17,18)(H,21,22). The van der Waals surface area contributed by atoms with E-state index in [1.807, 2.05) is 54.6 Å². The molecule has 0 radical (unpaired) electrons. The molecule has 1 aromatic heterocycles. The smallest absolute Gasteiger partial charge is 0.236 e. The number of para-hydroxylation sites is 1. The number of benzene rings is 2. The molecule has 0 atom stereocenters. The first-order chi connectivity index (χ1) is 11.1. The third-order valence-corrected chi connectivity index (χ3v) is 3.90. The summed E-state index contributed by atoms with van der Waals surface area (Å²) in [5.41, 5.74) is 8.47. The van der Waals surface area contributed by atoms with E-state index < -0.39 is 0 Å². The van der Waals surface area contributed by atoms with Crippen LogP contribution in [0.4, 0.5) is 22.1 Å². The Kier molecular flexibility index (Phi) is 4.11. The molecule has 23 heavy (non-hydrogen) atoms. The van der Waals surface area contributed by atoms with Crippen molar-refractivity contribution in [2.45, 2.75) is 0 Å². The molecular weight excluding hydrogens is 310 g/mol. The molecule has 3 aromatic rings. The minimum atomic E-state index is -0.229. The molecular formula is C16H15N5OS. The summed E-state index contributed by atoms with van der Waals surface area (Å²) < 4.78 is 3.81. The number of amidine groups is 1. The number of nitrogens with zero attached hydrogens (tertiary/aromatic N) is 1. The van der Waals surface area contributed by atoms with E-state index in [-0.39, 0.29) is 17.3 Å². The van der Waals surface area contributed by atoms with Gasteiger partial charge in [0.25, 0.3) is 0 Å². The minimum Gasteiger partial charge on any atom is -0.492 e. The lowest BCUT2D eigenvalue weighted by atomic mass is 10.2. The Bertz CT molecular complexity index is 814. The zero-order valence-electron chi connectivity index (χ0n) is 12.1. The molecule has 0 saturated heterocycles. The molecule has 6 N–H and O–H groups in total. The second-order valence-corrected chi connectivity index (χ2v) is 5.59. The van der Waals surface area contributed by atoms with Gasteiger partial charge < -0.3 is 21.5 Å². The number of nitrogens with one attached hydrogen (secondary N) is 3. The van der Waals surface area contributed by atoms with Gasteiger partial charge in [0.2, 0.25) is 5.88 Å². The maximum atomic E-state index is 9.62. The van der Waals surface area contributed by atoms with Crippen molar-refractivity contribution in [2.24, 2.45) is 5.73 Å². The van der Waals surface area contributed by atoms with Crippen LogP contribution in [0.15, 0.2) is 54.6 Å². The van der Waals surface area contributed by atoms with Crippen LogP contribution in [0.25, 0.3) is 0 Å². The highest BCUT2D eigenvalue weighted by molar-refractivity contribution is 7.11. The topological polar surface area (TPSA) is 107 Å². The van der Waals surface area contributed by atoms with E-state index >= 15 is 0 Å². The van der Waals surface area contributed by atoms with Crippen LogP contribution in [-0.2, 0) is 0 Å². The monoisotopic (exact) mass is 325 g/mol.